The first kappa shape index (κ1) is 19.0. The summed E-state index contributed by atoms with van der Waals surface area (Å²) in [5.41, 5.74) is 0. The van der Waals surface area contributed by atoms with E-state index in [9.17, 15) is 4.57 Å². The van der Waals surface area contributed by atoms with Crippen LogP contribution in [0, 0.1) is 0 Å². The molecular weight excluding hydrogens is 266 g/mol. The van der Waals surface area contributed by atoms with Gasteiger partial charge in [-0.15, -0.1) is 0 Å². The molecule has 0 aromatic rings. The molecule has 0 fully saturated rings. The Balaban J connectivity index is 0. The van der Waals surface area contributed by atoms with Gasteiger partial charge in [0.2, 0.25) is 0 Å². The van der Waals surface area contributed by atoms with E-state index in [0.29, 0.717) is 6.61 Å². The summed E-state index contributed by atoms with van der Waals surface area (Å²) in [6.07, 6.45) is 10.3. The Kier molecular flexibility index (Phi) is 18.7. The zero-order valence-electron chi connectivity index (χ0n) is 10.7. The van der Waals surface area contributed by atoms with Crippen LogP contribution in [0.3, 0.4) is 0 Å². The van der Waals surface area contributed by atoms with E-state index >= 15 is 0 Å². The first-order valence-corrected chi connectivity index (χ1v) is 7.99. The molecule has 0 bridgehead atoms. The van der Waals surface area contributed by atoms with Gasteiger partial charge in [0.1, 0.15) is 0 Å². The SMILES string of the molecule is CCCCCCO[PH](=O)CCCCCC.[Ni]. The molecule has 0 N–H and O–H groups in total. The molecule has 0 aromatic carbocycles. The molecule has 0 saturated carbocycles. The van der Waals surface area contributed by atoms with Crippen molar-refractivity contribution < 1.29 is 25.6 Å². The third-order valence-corrected chi connectivity index (χ3v) is 3.78. The molecule has 102 valence electrons. The van der Waals surface area contributed by atoms with Crippen molar-refractivity contribution >= 4 is 8.03 Å². The van der Waals surface area contributed by atoms with Crippen molar-refractivity contribution in [3.8, 4) is 0 Å². The summed E-state index contributed by atoms with van der Waals surface area (Å²) in [6.45, 7) is 5.08. The summed E-state index contributed by atoms with van der Waals surface area (Å²) in [4.78, 5) is 0. The molecule has 16 heavy (non-hydrogen) atoms. The third kappa shape index (κ3) is 14.7. The van der Waals surface area contributed by atoms with Gasteiger partial charge in [-0.1, -0.05) is 52.4 Å². The Morgan fingerprint density at radius 1 is 0.875 bits per heavy atom. The molecule has 0 aliphatic carbocycles. The fourth-order valence-electron chi connectivity index (χ4n) is 1.48. The fraction of sp³-hybridized carbons (Fsp3) is 1.00. The molecule has 0 radical (unpaired) electrons. The maximum absolute atomic E-state index is 11.4. The van der Waals surface area contributed by atoms with Crippen molar-refractivity contribution in [1.29, 1.82) is 0 Å². The Morgan fingerprint density at radius 2 is 1.44 bits per heavy atom. The van der Waals surface area contributed by atoms with Crippen molar-refractivity contribution in [2.24, 2.45) is 0 Å². The van der Waals surface area contributed by atoms with Crippen LogP contribution in [-0.2, 0) is 25.6 Å². The topological polar surface area (TPSA) is 26.3 Å². The smallest absolute Gasteiger partial charge is 0.191 e. The summed E-state index contributed by atoms with van der Waals surface area (Å²) >= 11 is 0. The predicted octanol–water partition coefficient (Wildman–Crippen LogP) is 4.64. The van der Waals surface area contributed by atoms with E-state index < -0.39 is 8.03 Å². The minimum Gasteiger partial charge on any atom is -0.330 e. The molecule has 0 heterocycles. The van der Waals surface area contributed by atoms with Gasteiger partial charge in [0, 0.05) is 22.7 Å². The zero-order valence-corrected chi connectivity index (χ0v) is 12.7. The molecule has 0 rings (SSSR count). The fourth-order valence-corrected chi connectivity index (χ4v) is 2.54. The van der Waals surface area contributed by atoms with Crippen LogP contribution in [0.5, 0.6) is 0 Å². The van der Waals surface area contributed by atoms with Crippen LogP contribution in [0.25, 0.3) is 0 Å². The van der Waals surface area contributed by atoms with E-state index in [-0.39, 0.29) is 16.5 Å². The molecular formula is C12H27NiO2P. The Labute approximate surface area is 112 Å². The van der Waals surface area contributed by atoms with Crippen LogP contribution in [-0.4, -0.2) is 12.8 Å². The second kappa shape index (κ2) is 15.7. The van der Waals surface area contributed by atoms with E-state index in [2.05, 4.69) is 13.8 Å². The van der Waals surface area contributed by atoms with Crippen LogP contribution in [0.2, 0.25) is 0 Å². The van der Waals surface area contributed by atoms with Gasteiger partial charge in [-0.3, -0.25) is 4.57 Å². The Morgan fingerprint density at radius 3 is 2.00 bits per heavy atom. The third-order valence-electron chi connectivity index (χ3n) is 2.50. The van der Waals surface area contributed by atoms with Crippen LogP contribution in [0.1, 0.15) is 65.2 Å². The van der Waals surface area contributed by atoms with Gasteiger partial charge in [0.15, 0.2) is 8.03 Å². The summed E-state index contributed by atoms with van der Waals surface area (Å²) in [5, 5.41) is 0. The molecule has 1 unspecified atom stereocenters. The van der Waals surface area contributed by atoms with Crippen LogP contribution < -0.4 is 0 Å². The van der Waals surface area contributed by atoms with E-state index in [1.54, 1.807) is 0 Å². The van der Waals surface area contributed by atoms with Crippen molar-refractivity contribution in [2.75, 3.05) is 12.8 Å². The van der Waals surface area contributed by atoms with Crippen molar-refractivity contribution in [1.82, 2.24) is 0 Å². The quantitative estimate of drug-likeness (QED) is 0.315. The first-order valence-electron chi connectivity index (χ1n) is 6.46. The van der Waals surface area contributed by atoms with Crippen molar-refractivity contribution in [3.63, 3.8) is 0 Å². The van der Waals surface area contributed by atoms with Gasteiger partial charge in [-0.25, -0.2) is 0 Å². The number of rotatable bonds is 11. The predicted molar refractivity (Wildman–Crippen MR) is 68.1 cm³/mol. The summed E-state index contributed by atoms with van der Waals surface area (Å²) in [5.74, 6) is 0. The Hall–Kier alpha value is 0.684. The molecule has 4 heteroatoms. The van der Waals surface area contributed by atoms with E-state index in [4.69, 9.17) is 4.52 Å². The standard InChI is InChI=1S/C12H27O2P.Ni/c1-3-5-7-9-11-14-15(13)12-10-8-6-4-2;/h15H,3-12H2,1-2H3;. The van der Waals surface area contributed by atoms with Gasteiger partial charge < -0.3 is 4.52 Å². The molecule has 0 spiro atoms. The van der Waals surface area contributed by atoms with Gasteiger partial charge in [-0.2, -0.15) is 0 Å². The van der Waals surface area contributed by atoms with Crippen molar-refractivity contribution in [2.45, 2.75) is 65.2 Å². The maximum atomic E-state index is 11.4. The van der Waals surface area contributed by atoms with Crippen molar-refractivity contribution in [3.05, 3.63) is 0 Å². The average Bonchev–Trinajstić information content (AvgIpc) is 2.24. The molecule has 1 atom stereocenters. The minimum absolute atomic E-state index is 0. The molecule has 0 aromatic heterocycles. The summed E-state index contributed by atoms with van der Waals surface area (Å²) < 4.78 is 16.7. The van der Waals surface area contributed by atoms with E-state index in [0.717, 1.165) is 19.0 Å². The monoisotopic (exact) mass is 292 g/mol. The average molecular weight is 293 g/mol. The maximum Gasteiger partial charge on any atom is 0.191 e. The minimum atomic E-state index is -1.71. The molecule has 0 aliphatic heterocycles. The zero-order chi connectivity index (χ0) is 11.4. The number of hydrogen-bond acceptors (Lipinski definition) is 2. The summed E-state index contributed by atoms with van der Waals surface area (Å²) in [6, 6.07) is 0. The van der Waals surface area contributed by atoms with Gasteiger partial charge >= 0.3 is 0 Å². The molecule has 0 saturated heterocycles. The van der Waals surface area contributed by atoms with Crippen LogP contribution in [0.15, 0.2) is 0 Å². The first-order chi connectivity index (χ1) is 7.31. The second-order valence-electron chi connectivity index (χ2n) is 4.09. The molecule has 2 nitrogen and oxygen atoms in total. The van der Waals surface area contributed by atoms with Gasteiger partial charge in [-0.05, 0) is 12.8 Å². The van der Waals surface area contributed by atoms with Crippen LogP contribution >= 0.6 is 8.03 Å². The van der Waals surface area contributed by atoms with E-state index in [1.807, 2.05) is 0 Å². The Bertz CT molecular complexity index is 154. The van der Waals surface area contributed by atoms with Crippen LogP contribution in [0.4, 0.5) is 0 Å². The normalized spacial score (nSPS) is 12.1. The second-order valence-corrected chi connectivity index (χ2v) is 5.62. The number of unbranched alkanes of at least 4 members (excludes halogenated alkanes) is 6. The van der Waals surface area contributed by atoms with Gasteiger partial charge in [0.05, 0.1) is 6.61 Å². The summed E-state index contributed by atoms with van der Waals surface area (Å²) in [7, 11) is -1.71. The van der Waals surface area contributed by atoms with Gasteiger partial charge in [0.25, 0.3) is 0 Å². The van der Waals surface area contributed by atoms with E-state index in [1.165, 1.54) is 38.5 Å². The molecule has 0 aliphatic rings. The molecule has 0 amide bonds. The largest absolute Gasteiger partial charge is 0.330 e. The number of hydrogen-bond donors (Lipinski definition) is 0.